The number of likely N-dealkylation sites (tertiary alicyclic amines) is 1. The number of hydrogen-bond donors (Lipinski definition) is 3. The van der Waals surface area contributed by atoms with Gasteiger partial charge in [-0.2, -0.15) is 0 Å². The Morgan fingerprint density at radius 1 is 1.22 bits per heavy atom. The van der Waals surface area contributed by atoms with Gasteiger partial charge in [-0.05, 0) is 73.3 Å². The third-order valence-electron chi connectivity index (χ3n) is 6.93. The Labute approximate surface area is 193 Å². The standard InChI is InChI=1S/C25H35N5O2.2H2/c1-17(31)28-22-4-2-19(3-5-22)24(26)6-7-25(27)29-23-12-20-15-30(16-21(20)13-23)14-18-8-10-32-11-9-18;;/h2-7,18,20-21,23,26H,8-16H2,1H3,(H2,27,29)(H,28,31);2*1H/b7-6-,26-24?;;/t20-,21+,23?;;. The van der Waals surface area contributed by atoms with Crippen LogP contribution in [0.3, 0.4) is 0 Å². The Bertz CT molecular complexity index is 870. The highest BCUT2D eigenvalue weighted by molar-refractivity contribution is 6.10. The second-order valence-electron chi connectivity index (χ2n) is 9.48. The second kappa shape index (κ2) is 10.4. The van der Waals surface area contributed by atoms with E-state index in [2.05, 4.69) is 10.2 Å². The summed E-state index contributed by atoms with van der Waals surface area (Å²) in [6, 6.07) is 7.51. The third kappa shape index (κ3) is 6.04. The van der Waals surface area contributed by atoms with Crippen LogP contribution < -0.4 is 11.1 Å². The number of allylic oxidation sites excluding steroid dienone is 1. The number of carbonyl (C=O) groups is 1. The molecule has 2 heterocycles. The smallest absolute Gasteiger partial charge is 0.221 e. The number of carbonyl (C=O) groups excluding carboxylic acids is 1. The van der Waals surface area contributed by atoms with Crippen LogP contribution in [0.4, 0.5) is 5.69 Å². The van der Waals surface area contributed by atoms with Crippen molar-refractivity contribution in [2.24, 2.45) is 28.5 Å². The molecule has 1 amide bonds. The highest BCUT2D eigenvalue weighted by Crippen LogP contribution is 2.40. The van der Waals surface area contributed by atoms with E-state index >= 15 is 0 Å². The van der Waals surface area contributed by atoms with Gasteiger partial charge in [-0.1, -0.05) is 12.1 Å². The van der Waals surface area contributed by atoms with E-state index in [-0.39, 0.29) is 8.76 Å². The molecular formula is C25H39N5O2. The van der Waals surface area contributed by atoms with Crippen molar-refractivity contribution < 1.29 is 12.4 Å². The maximum Gasteiger partial charge on any atom is 0.221 e. The number of nitrogens with two attached hydrogens (primary N) is 1. The molecule has 7 nitrogen and oxygen atoms in total. The fourth-order valence-electron chi connectivity index (χ4n) is 5.37. The van der Waals surface area contributed by atoms with Gasteiger partial charge in [-0.25, -0.2) is 0 Å². The monoisotopic (exact) mass is 441 g/mol. The van der Waals surface area contributed by atoms with Crippen LogP contribution in [0.15, 0.2) is 41.4 Å². The molecule has 7 heteroatoms. The number of aliphatic imine (C=N–C) groups is 1. The lowest BCUT2D eigenvalue weighted by molar-refractivity contribution is -0.114. The molecule has 4 rings (SSSR count). The predicted octanol–water partition coefficient (Wildman–Crippen LogP) is 3.56. The number of benzene rings is 1. The first-order chi connectivity index (χ1) is 15.5. The Kier molecular flexibility index (Phi) is 7.37. The average Bonchev–Trinajstić information content (AvgIpc) is 3.30. The summed E-state index contributed by atoms with van der Waals surface area (Å²) in [6.45, 7) is 6.94. The first-order valence-corrected chi connectivity index (χ1v) is 11.7. The molecule has 1 aliphatic carbocycles. The van der Waals surface area contributed by atoms with Crippen LogP contribution in [0.1, 0.15) is 41.0 Å². The maximum absolute atomic E-state index is 11.1. The summed E-state index contributed by atoms with van der Waals surface area (Å²) in [5.74, 6) is 2.66. The first-order valence-electron chi connectivity index (χ1n) is 11.7. The number of amides is 1. The minimum absolute atomic E-state index is 0. The molecule has 0 spiro atoms. The summed E-state index contributed by atoms with van der Waals surface area (Å²) in [6.07, 6.45) is 8.07. The summed E-state index contributed by atoms with van der Waals surface area (Å²) >= 11 is 0. The molecule has 2 saturated heterocycles. The van der Waals surface area contributed by atoms with Crippen molar-refractivity contribution >= 4 is 23.1 Å². The average molecular weight is 442 g/mol. The van der Waals surface area contributed by atoms with Crippen molar-refractivity contribution in [3.63, 3.8) is 0 Å². The summed E-state index contributed by atoms with van der Waals surface area (Å²) in [5, 5.41) is 11.0. The molecule has 3 fully saturated rings. The van der Waals surface area contributed by atoms with Crippen molar-refractivity contribution in [3.8, 4) is 0 Å². The van der Waals surface area contributed by atoms with Gasteiger partial charge in [0, 0.05) is 48.3 Å². The number of ether oxygens (including phenoxy) is 1. The quantitative estimate of drug-likeness (QED) is 0.444. The van der Waals surface area contributed by atoms with Gasteiger partial charge in [-0.3, -0.25) is 9.79 Å². The normalized spacial score (nSPS) is 27.0. The Morgan fingerprint density at radius 3 is 2.50 bits per heavy atom. The van der Waals surface area contributed by atoms with Gasteiger partial charge in [0.25, 0.3) is 0 Å². The van der Waals surface area contributed by atoms with E-state index in [0.717, 1.165) is 55.1 Å². The third-order valence-corrected chi connectivity index (χ3v) is 6.93. The summed E-state index contributed by atoms with van der Waals surface area (Å²) in [7, 11) is 0. The SMILES string of the molecule is CC(=O)Nc1ccc(C(=N)/C=C\C(N)=NC2C[C@@H]3CN(CC4CCOCC4)C[C@@H]3C2)cc1.[HH].[HH]. The number of fused-ring (bicyclic) bond motifs is 1. The molecule has 2 aliphatic heterocycles. The highest BCUT2D eigenvalue weighted by Gasteiger charge is 2.41. The number of anilines is 1. The fraction of sp³-hybridized carbons (Fsp3) is 0.560. The molecular weight excluding hydrogens is 402 g/mol. The van der Waals surface area contributed by atoms with Gasteiger partial charge in [0.05, 0.1) is 11.8 Å². The summed E-state index contributed by atoms with van der Waals surface area (Å²) in [5.41, 5.74) is 8.01. The van der Waals surface area contributed by atoms with Crippen LogP contribution in [0, 0.1) is 23.2 Å². The lowest BCUT2D eigenvalue weighted by atomic mass is 10.00. The lowest BCUT2D eigenvalue weighted by Gasteiger charge is -2.27. The first kappa shape index (κ1) is 22.7. The van der Waals surface area contributed by atoms with E-state index in [4.69, 9.17) is 20.9 Å². The minimum atomic E-state index is -0.111. The Balaban J connectivity index is 0.00000204. The van der Waals surface area contributed by atoms with Crippen molar-refractivity contribution in [1.29, 1.82) is 5.41 Å². The van der Waals surface area contributed by atoms with Crippen molar-refractivity contribution in [1.82, 2.24) is 4.90 Å². The minimum Gasteiger partial charge on any atom is -0.384 e. The van der Waals surface area contributed by atoms with Gasteiger partial charge in [0.15, 0.2) is 0 Å². The van der Waals surface area contributed by atoms with Gasteiger partial charge in [0.1, 0.15) is 5.84 Å². The molecule has 0 aromatic heterocycles. The topological polar surface area (TPSA) is 104 Å². The van der Waals surface area contributed by atoms with E-state index in [1.165, 1.54) is 39.4 Å². The largest absolute Gasteiger partial charge is 0.384 e. The molecule has 1 aromatic rings. The number of amidine groups is 1. The zero-order valence-electron chi connectivity index (χ0n) is 18.9. The van der Waals surface area contributed by atoms with Crippen molar-refractivity contribution in [2.75, 3.05) is 38.2 Å². The molecule has 3 aliphatic rings. The predicted molar refractivity (Wildman–Crippen MR) is 133 cm³/mol. The molecule has 3 atom stereocenters. The highest BCUT2D eigenvalue weighted by atomic mass is 16.5. The van der Waals surface area contributed by atoms with Gasteiger partial charge < -0.3 is 26.1 Å². The molecule has 1 saturated carbocycles. The van der Waals surface area contributed by atoms with Gasteiger partial charge >= 0.3 is 0 Å². The van der Waals surface area contributed by atoms with Crippen molar-refractivity contribution in [2.45, 2.75) is 38.6 Å². The van der Waals surface area contributed by atoms with Crippen molar-refractivity contribution in [3.05, 3.63) is 42.0 Å². The lowest BCUT2D eigenvalue weighted by Crippen LogP contribution is -2.32. The van der Waals surface area contributed by atoms with Crippen LogP contribution >= 0.6 is 0 Å². The Morgan fingerprint density at radius 2 is 1.88 bits per heavy atom. The van der Waals surface area contributed by atoms with Crippen LogP contribution in [0.2, 0.25) is 0 Å². The van der Waals surface area contributed by atoms with E-state index in [9.17, 15) is 4.79 Å². The summed E-state index contributed by atoms with van der Waals surface area (Å²) < 4.78 is 5.49. The van der Waals surface area contributed by atoms with E-state index in [1.54, 1.807) is 24.3 Å². The van der Waals surface area contributed by atoms with Crippen LogP contribution in [0.25, 0.3) is 0 Å². The van der Waals surface area contributed by atoms with Gasteiger partial charge in [0.2, 0.25) is 5.91 Å². The Hall–Kier alpha value is -2.51. The molecule has 4 N–H and O–H groups in total. The van der Waals surface area contributed by atoms with E-state index in [0.29, 0.717) is 17.6 Å². The molecule has 1 unspecified atom stereocenters. The van der Waals surface area contributed by atoms with Gasteiger partial charge in [-0.15, -0.1) is 0 Å². The number of rotatable bonds is 7. The van der Waals surface area contributed by atoms with Crippen LogP contribution in [-0.4, -0.2) is 61.2 Å². The molecule has 1 aromatic carbocycles. The molecule has 0 bridgehead atoms. The zero-order chi connectivity index (χ0) is 22.5. The number of nitrogens with zero attached hydrogens (tertiary/aromatic N) is 2. The number of nitrogens with one attached hydrogen (secondary N) is 2. The summed E-state index contributed by atoms with van der Waals surface area (Å²) in [4.78, 5) is 18.5. The zero-order valence-corrected chi connectivity index (χ0v) is 18.9. The van der Waals surface area contributed by atoms with Crippen LogP contribution in [0.5, 0.6) is 0 Å². The molecule has 0 radical (unpaired) electrons. The van der Waals surface area contributed by atoms with E-state index in [1.807, 2.05) is 12.1 Å². The molecule has 176 valence electrons. The number of hydrogen-bond acceptors (Lipinski definition) is 5. The van der Waals surface area contributed by atoms with E-state index < -0.39 is 0 Å². The second-order valence-corrected chi connectivity index (χ2v) is 9.48. The van der Waals surface area contributed by atoms with Crippen LogP contribution in [-0.2, 0) is 9.53 Å². The maximum atomic E-state index is 11.1. The molecule has 32 heavy (non-hydrogen) atoms. The fourth-order valence-corrected chi connectivity index (χ4v) is 5.37.